The van der Waals surface area contributed by atoms with E-state index in [0.717, 1.165) is 18.2 Å². The maximum atomic E-state index is 11.0. The minimum atomic E-state index is -0.911. The number of nitrogens with zero attached hydrogens (tertiary/aromatic N) is 1. The normalized spacial score (nSPS) is 24.6. The van der Waals surface area contributed by atoms with Gasteiger partial charge >= 0.3 is 5.97 Å². The Bertz CT molecular complexity index is 452. The molecule has 0 bridgehead atoms. The predicted molar refractivity (Wildman–Crippen MR) is 73.3 cm³/mol. The Balaban J connectivity index is 2.07. The van der Waals surface area contributed by atoms with Crippen molar-refractivity contribution >= 4 is 5.97 Å². The molecule has 0 amide bonds. The lowest BCUT2D eigenvalue weighted by atomic mass is 9.91. The molecule has 2 unspecified atom stereocenters. The largest absolute Gasteiger partial charge is 0.478 e. The van der Waals surface area contributed by atoms with Crippen LogP contribution >= 0.6 is 0 Å². The van der Waals surface area contributed by atoms with Crippen LogP contribution in [0.4, 0.5) is 0 Å². The maximum Gasteiger partial charge on any atom is 0.339 e. The van der Waals surface area contributed by atoms with E-state index in [9.17, 15) is 4.79 Å². The van der Waals surface area contributed by atoms with Crippen LogP contribution in [0.25, 0.3) is 0 Å². The summed E-state index contributed by atoms with van der Waals surface area (Å²) in [7, 11) is 0. The summed E-state index contributed by atoms with van der Waals surface area (Å²) in [5.41, 5.74) is 0.284. The van der Waals surface area contributed by atoms with E-state index in [2.05, 4.69) is 18.7 Å². The highest BCUT2D eigenvalue weighted by Gasteiger charge is 2.25. The summed E-state index contributed by atoms with van der Waals surface area (Å²) < 4.78 is 5.57. The number of rotatable bonds is 4. The van der Waals surface area contributed by atoms with Crippen LogP contribution in [0.2, 0.25) is 0 Å². The fourth-order valence-electron chi connectivity index (χ4n) is 2.85. The number of aryl methyl sites for hydroxylation is 1. The summed E-state index contributed by atoms with van der Waals surface area (Å²) in [5.74, 6) is 1.11. The average molecular weight is 265 g/mol. The van der Waals surface area contributed by atoms with Gasteiger partial charge in [0.1, 0.15) is 17.1 Å². The van der Waals surface area contributed by atoms with Crippen molar-refractivity contribution in [1.29, 1.82) is 0 Å². The molecule has 1 fully saturated rings. The summed E-state index contributed by atoms with van der Waals surface area (Å²) in [5, 5.41) is 9.04. The zero-order valence-corrected chi connectivity index (χ0v) is 12.0. The Labute approximate surface area is 114 Å². The van der Waals surface area contributed by atoms with Gasteiger partial charge < -0.3 is 9.52 Å². The topological polar surface area (TPSA) is 53.7 Å². The first-order valence-corrected chi connectivity index (χ1v) is 7.07. The molecule has 0 aliphatic carbocycles. The number of likely N-dealkylation sites (tertiary alicyclic amines) is 1. The third kappa shape index (κ3) is 3.18. The van der Waals surface area contributed by atoms with E-state index in [1.807, 2.05) is 0 Å². The van der Waals surface area contributed by atoms with Crippen molar-refractivity contribution < 1.29 is 14.3 Å². The van der Waals surface area contributed by atoms with Gasteiger partial charge in [-0.3, -0.25) is 4.90 Å². The van der Waals surface area contributed by atoms with Crippen molar-refractivity contribution in [3.8, 4) is 0 Å². The van der Waals surface area contributed by atoms with Crippen molar-refractivity contribution in [2.75, 3.05) is 6.54 Å². The zero-order valence-electron chi connectivity index (χ0n) is 12.0. The molecule has 19 heavy (non-hydrogen) atoms. The molecule has 0 spiro atoms. The average Bonchev–Trinajstić information content (AvgIpc) is 2.73. The second-order valence-corrected chi connectivity index (χ2v) is 5.62. The number of hydrogen-bond acceptors (Lipinski definition) is 3. The van der Waals surface area contributed by atoms with Crippen LogP contribution in [0, 0.1) is 12.8 Å². The third-order valence-electron chi connectivity index (χ3n) is 4.24. The van der Waals surface area contributed by atoms with Crippen LogP contribution in [-0.2, 0) is 6.54 Å². The highest BCUT2D eigenvalue weighted by molar-refractivity contribution is 5.88. The first kappa shape index (κ1) is 14.1. The fraction of sp³-hybridized carbons (Fsp3) is 0.667. The lowest BCUT2D eigenvalue weighted by Gasteiger charge is -2.37. The molecule has 1 saturated heterocycles. The number of aromatic carboxylic acids is 1. The van der Waals surface area contributed by atoms with Gasteiger partial charge in [-0.25, -0.2) is 4.79 Å². The third-order valence-corrected chi connectivity index (χ3v) is 4.24. The molecule has 4 nitrogen and oxygen atoms in total. The van der Waals surface area contributed by atoms with E-state index >= 15 is 0 Å². The van der Waals surface area contributed by atoms with Gasteiger partial charge in [-0.15, -0.1) is 0 Å². The molecular formula is C15H23NO3. The van der Waals surface area contributed by atoms with Crippen LogP contribution in [0.15, 0.2) is 10.5 Å². The number of carboxylic acid groups (broad SMARTS) is 1. The highest BCUT2D eigenvalue weighted by atomic mass is 16.4. The SMILES string of the molecule is CCC1CCC(C)N(Cc2cc(C(=O)O)c(C)o2)C1. The molecule has 1 aromatic rings. The summed E-state index contributed by atoms with van der Waals surface area (Å²) >= 11 is 0. The lowest BCUT2D eigenvalue weighted by Crippen LogP contribution is -2.40. The summed E-state index contributed by atoms with van der Waals surface area (Å²) in [6.45, 7) is 7.98. The first-order chi connectivity index (χ1) is 9.01. The molecule has 2 heterocycles. The quantitative estimate of drug-likeness (QED) is 0.907. The van der Waals surface area contributed by atoms with Crippen molar-refractivity contribution in [1.82, 2.24) is 4.90 Å². The van der Waals surface area contributed by atoms with Gasteiger partial charge in [0, 0.05) is 12.6 Å². The van der Waals surface area contributed by atoms with Crippen LogP contribution in [-0.4, -0.2) is 28.6 Å². The van der Waals surface area contributed by atoms with Gasteiger partial charge in [-0.2, -0.15) is 0 Å². The Hall–Kier alpha value is -1.29. The van der Waals surface area contributed by atoms with Crippen LogP contribution in [0.5, 0.6) is 0 Å². The highest BCUT2D eigenvalue weighted by Crippen LogP contribution is 2.26. The van der Waals surface area contributed by atoms with Gasteiger partial charge in [0.15, 0.2) is 0 Å². The van der Waals surface area contributed by atoms with E-state index < -0.39 is 5.97 Å². The molecule has 0 saturated carbocycles. The van der Waals surface area contributed by atoms with Crippen LogP contribution < -0.4 is 0 Å². The van der Waals surface area contributed by atoms with Gasteiger partial charge in [-0.1, -0.05) is 13.3 Å². The fourth-order valence-corrected chi connectivity index (χ4v) is 2.85. The van der Waals surface area contributed by atoms with Crippen molar-refractivity contribution in [3.63, 3.8) is 0 Å². The predicted octanol–water partition coefficient (Wildman–Crippen LogP) is 3.30. The molecule has 106 valence electrons. The zero-order chi connectivity index (χ0) is 14.0. The van der Waals surface area contributed by atoms with E-state index in [1.54, 1.807) is 13.0 Å². The second kappa shape index (κ2) is 5.78. The lowest BCUT2D eigenvalue weighted by molar-refractivity contribution is 0.0695. The Morgan fingerprint density at radius 3 is 2.84 bits per heavy atom. The summed E-state index contributed by atoms with van der Waals surface area (Å²) in [6, 6.07) is 2.21. The Morgan fingerprint density at radius 1 is 1.53 bits per heavy atom. The first-order valence-electron chi connectivity index (χ1n) is 7.07. The molecule has 1 aliphatic rings. The number of piperidine rings is 1. The van der Waals surface area contributed by atoms with E-state index in [-0.39, 0.29) is 5.56 Å². The molecule has 1 aromatic heterocycles. The summed E-state index contributed by atoms with van der Waals surface area (Å²) in [4.78, 5) is 13.4. The summed E-state index contributed by atoms with van der Waals surface area (Å²) in [6.07, 6.45) is 3.72. The molecule has 1 aliphatic heterocycles. The number of furan rings is 1. The van der Waals surface area contributed by atoms with Crippen LogP contribution in [0.1, 0.15) is 55.0 Å². The molecule has 2 atom stereocenters. The van der Waals surface area contributed by atoms with Crippen molar-refractivity contribution in [3.05, 3.63) is 23.2 Å². The molecule has 4 heteroatoms. The van der Waals surface area contributed by atoms with Crippen molar-refractivity contribution in [2.45, 2.75) is 52.6 Å². The van der Waals surface area contributed by atoms with Gasteiger partial charge in [0.2, 0.25) is 0 Å². The number of carbonyl (C=O) groups is 1. The van der Waals surface area contributed by atoms with Gasteiger partial charge in [-0.05, 0) is 38.7 Å². The Kier molecular flexibility index (Phi) is 4.30. The van der Waals surface area contributed by atoms with Gasteiger partial charge in [0.25, 0.3) is 0 Å². The van der Waals surface area contributed by atoms with E-state index in [1.165, 1.54) is 19.3 Å². The smallest absolute Gasteiger partial charge is 0.339 e. The van der Waals surface area contributed by atoms with E-state index in [0.29, 0.717) is 18.3 Å². The van der Waals surface area contributed by atoms with E-state index in [4.69, 9.17) is 9.52 Å². The molecular weight excluding hydrogens is 242 g/mol. The maximum absolute atomic E-state index is 11.0. The van der Waals surface area contributed by atoms with Crippen molar-refractivity contribution in [2.24, 2.45) is 5.92 Å². The second-order valence-electron chi connectivity index (χ2n) is 5.62. The Morgan fingerprint density at radius 2 is 2.26 bits per heavy atom. The number of carboxylic acids is 1. The van der Waals surface area contributed by atoms with Gasteiger partial charge in [0.05, 0.1) is 6.54 Å². The molecule has 1 N–H and O–H groups in total. The minimum absolute atomic E-state index is 0.284. The standard InChI is InChI=1S/C15H23NO3/c1-4-12-6-5-10(2)16(8-12)9-13-7-14(15(17)18)11(3)19-13/h7,10,12H,4-6,8-9H2,1-3H3,(H,17,18). The number of hydrogen-bond donors (Lipinski definition) is 1. The van der Waals surface area contributed by atoms with Crippen LogP contribution in [0.3, 0.4) is 0 Å². The molecule has 2 rings (SSSR count). The monoisotopic (exact) mass is 265 g/mol. The molecule has 0 radical (unpaired) electrons. The molecule has 0 aromatic carbocycles. The minimum Gasteiger partial charge on any atom is -0.478 e.